The maximum absolute atomic E-state index is 13.0. The Morgan fingerprint density at radius 2 is 2.17 bits per heavy atom. The molecule has 0 bridgehead atoms. The van der Waals surface area contributed by atoms with Crippen LogP contribution in [0.15, 0.2) is 46.6 Å². The van der Waals surface area contributed by atoms with Gasteiger partial charge in [-0.05, 0) is 50.1 Å². The van der Waals surface area contributed by atoms with Crippen molar-refractivity contribution < 1.29 is 28.6 Å². The van der Waals surface area contributed by atoms with Crippen LogP contribution in [0.2, 0.25) is 5.02 Å². The first-order valence-electron chi connectivity index (χ1n) is 9.87. The fraction of sp³-hybridized carbons (Fsp3) is 0.364. The smallest absolute Gasteiger partial charge is 0.295 e. The van der Waals surface area contributed by atoms with Gasteiger partial charge in [-0.25, -0.2) is 0 Å². The van der Waals surface area contributed by atoms with Gasteiger partial charge < -0.3 is 23.9 Å². The van der Waals surface area contributed by atoms with Crippen LogP contribution in [0, 0.1) is 0 Å². The molecule has 158 valence electrons. The van der Waals surface area contributed by atoms with E-state index in [4.69, 9.17) is 25.5 Å². The molecule has 2 aliphatic heterocycles. The topological polar surface area (TPSA) is 89.2 Å². The van der Waals surface area contributed by atoms with E-state index in [2.05, 4.69) is 0 Å². The molecule has 3 heterocycles. The Kier molecular flexibility index (Phi) is 5.83. The van der Waals surface area contributed by atoms with Crippen LogP contribution in [-0.2, 0) is 14.3 Å². The lowest BCUT2D eigenvalue weighted by Gasteiger charge is -2.25. The molecular formula is C22H22ClNO6. The number of carbonyl (C=O) groups excluding carboxylic acids is 2. The Balaban J connectivity index is 1.81. The number of rotatable bonds is 6. The molecule has 2 unspecified atom stereocenters. The molecule has 0 spiro atoms. The van der Waals surface area contributed by atoms with Gasteiger partial charge in [0, 0.05) is 18.7 Å². The van der Waals surface area contributed by atoms with E-state index >= 15 is 0 Å². The zero-order chi connectivity index (χ0) is 21.3. The summed E-state index contributed by atoms with van der Waals surface area (Å²) < 4.78 is 16.7. The van der Waals surface area contributed by atoms with Crippen LogP contribution in [0.25, 0.3) is 5.76 Å². The summed E-state index contributed by atoms with van der Waals surface area (Å²) in [5, 5.41) is 11.3. The first kappa shape index (κ1) is 20.5. The Morgan fingerprint density at radius 1 is 1.33 bits per heavy atom. The number of amides is 1. The molecule has 2 aromatic rings. The van der Waals surface area contributed by atoms with Gasteiger partial charge in [0.2, 0.25) is 0 Å². The largest absolute Gasteiger partial charge is 0.507 e. The average Bonchev–Trinajstić information content (AvgIpc) is 3.48. The van der Waals surface area contributed by atoms with E-state index in [9.17, 15) is 14.7 Å². The molecule has 0 aliphatic carbocycles. The van der Waals surface area contributed by atoms with Gasteiger partial charge in [0.05, 0.1) is 29.6 Å². The Labute approximate surface area is 178 Å². The number of benzene rings is 1. The number of halogens is 1. The van der Waals surface area contributed by atoms with E-state index in [0.29, 0.717) is 24.7 Å². The van der Waals surface area contributed by atoms with Gasteiger partial charge in [-0.1, -0.05) is 11.6 Å². The highest BCUT2D eigenvalue weighted by atomic mass is 35.5. The van der Waals surface area contributed by atoms with Crippen molar-refractivity contribution >= 4 is 29.1 Å². The highest BCUT2D eigenvalue weighted by Gasteiger charge is 2.48. The van der Waals surface area contributed by atoms with Crippen molar-refractivity contribution in [3.63, 3.8) is 0 Å². The summed E-state index contributed by atoms with van der Waals surface area (Å²) in [5.74, 6) is -0.983. The average molecular weight is 432 g/mol. The van der Waals surface area contributed by atoms with Gasteiger partial charge in [0.25, 0.3) is 11.7 Å². The molecule has 1 amide bonds. The number of carbonyl (C=O) groups is 2. The zero-order valence-electron chi connectivity index (χ0n) is 16.5. The quantitative estimate of drug-likeness (QED) is 0.423. The predicted octanol–water partition coefficient (Wildman–Crippen LogP) is 3.93. The molecule has 2 fully saturated rings. The first-order chi connectivity index (χ1) is 14.5. The number of ether oxygens (including phenoxy) is 2. The van der Waals surface area contributed by atoms with Crippen molar-refractivity contribution in [3.05, 3.63) is 58.5 Å². The van der Waals surface area contributed by atoms with E-state index < -0.39 is 17.7 Å². The molecule has 0 saturated carbocycles. The third-order valence-corrected chi connectivity index (χ3v) is 5.61. The van der Waals surface area contributed by atoms with E-state index in [-0.39, 0.29) is 34.6 Å². The maximum Gasteiger partial charge on any atom is 0.295 e. The minimum absolute atomic E-state index is 0.0662. The van der Waals surface area contributed by atoms with Crippen LogP contribution < -0.4 is 4.74 Å². The van der Waals surface area contributed by atoms with Gasteiger partial charge in [0.15, 0.2) is 0 Å². The summed E-state index contributed by atoms with van der Waals surface area (Å²) in [6.07, 6.45) is 3.01. The number of Topliss-reactive ketones (excluding diaryl/α,β-unsaturated/α-hetero) is 1. The van der Waals surface area contributed by atoms with Gasteiger partial charge in [0.1, 0.15) is 23.3 Å². The Bertz CT molecular complexity index is 978. The normalized spacial score (nSPS) is 23.3. The molecule has 1 aromatic heterocycles. The fourth-order valence-electron chi connectivity index (χ4n) is 3.91. The first-order valence-corrected chi connectivity index (χ1v) is 10.2. The van der Waals surface area contributed by atoms with E-state index in [0.717, 1.165) is 12.8 Å². The van der Waals surface area contributed by atoms with E-state index in [1.54, 1.807) is 30.3 Å². The van der Waals surface area contributed by atoms with Crippen molar-refractivity contribution in [2.24, 2.45) is 0 Å². The van der Waals surface area contributed by atoms with Crippen molar-refractivity contribution in [1.82, 2.24) is 4.90 Å². The van der Waals surface area contributed by atoms with Crippen LogP contribution in [-0.4, -0.2) is 47.6 Å². The summed E-state index contributed by atoms with van der Waals surface area (Å²) >= 11 is 6.30. The standard InChI is InChI=1S/C22H22ClNO6/c1-2-28-13-7-8-16(23)15(11-13)20(25)18-19(17-6-4-10-30-17)24(22(27)21(18)26)12-14-5-3-9-29-14/h4,6-8,10-11,14,19,25H,2-3,5,9,12H2,1H3/b20-18-. The highest BCUT2D eigenvalue weighted by Crippen LogP contribution is 2.41. The molecule has 1 aromatic carbocycles. The van der Waals surface area contributed by atoms with Crippen molar-refractivity contribution in [2.75, 3.05) is 19.8 Å². The third-order valence-electron chi connectivity index (χ3n) is 5.28. The van der Waals surface area contributed by atoms with Gasteiger partial charge in [-0.3, -0.25) is 9.59 Å². The molecule has 7 nitrogen and oxygen atoms in total. The number of aliphatic hydroxyl groups excluding tert-OH is 1. The molecule has 0 radical (unpaired) electrons. The lowest BCUT2D eigenvalue weighted by Crippen LogP contribution is -2.36. The van der Waals surface area contributed by atoms with Crippen molar-refractivity contribution in [2.45, 2.75) is 31.9 Å². The fourth-order valence-corrected chi connectivity index (χ4v) is 4.11. The molecule has 30 heavy (non-hydrogen) atoms. The van der Waals surface area contributed by atoms with Crippen LogP contribution >= 0.6 is 11.6 Å². The predicted molar refractivity (Wildman–Crippen MR) is 109 cm³/mol. The van der Waals surface area contributed by atoms with Crippen LogP contribution in [0.5, 0.6) is 5.75 Å². The molecular weight excluding hydrogens is 410 g/mol. The van der Waals surface area contributed by atoms with Gasteiger partial charge >= 0.3 is 0 Å². The number of nitrogens with zero attached hydrogens (tertiary/aromatic N) is 1. The summed E-state index contributed by atoms with van der Waals surface area (Å²) in [6.45, 7) is 3.13. The van der Waals surface area contributed by atoms with Crippen LogP contribution in [0.3, 0.4) is 0 Å². The monoisotopic (exact) mass is 431 g/mol. The summed E-state index contributed by atoms with van der Waals surface area (Å²) in [6, 6.07) is 7.27. The molecule has 4 rings (SSSR count). The number of furan rings is 1. The van der Waals surface area contributed by atoms with Gasteiger partial charge in [-0.2, -0.15) is 0 Å². The van der Waals surface area contributed by atoms with Crippen LogP contribution in [0.4, 0.5) is 0 Å². The number of aliphatic hydroxyl groups is 1. The van der Waals surface area contributed by atoms with Crippen molar-refractivity contribution in [1.29, 1.82) is 0 Å². The number of ketones is 1. The Morgan fingerprint density at radius 3 is 2.83 bits per heavy atom. The summed E-state index contributed by atoms with van der Waals surface area (Å²) in [5.41, 5.74) is 0.151. The van der Waals surface area contributed by atoms with Gasteiger partial charge in [-0.15, -0.1) is 0 Å². The second-order valence-corrected chi connectivity index (χ2v) is 7.58. The van der Waals surface area contributed by atoms with Crippen molar-refractivity contribution in [3.8, 4) is 5.75 Å². The number of hydrogen-bond acceptors (Lipinski definition) is 6. The minimum atomic E-state index is -0.865. The lowest BCUT2D eigenvalue weighted by atomic mass is 9.99. The molecule has 2 aliphatic rings. The zero-order valence-corrected chi connectivity index (χ0v) is 17.2. The van der Waals surface area contributed by atoms with Crippen LogP contribution in [0.1, 0.15) is 37.1 Å². The third kappa shape index (κ3) is 3.70. The summed E-state index contributed by atoms with van der Waals surface area (Å²) in [4.78, 5) is 27.2. The second kappa shape index (κ2) is 8.53. The van der Waals surface area contributed by atoms with E-state index in [1.165, 1.54) is 11.2 Å². The molecule has 1 N–H and O–H groups in total. The number of hydrogen-bond donors (Lipinski definition) is 1. The second-order valence-electron chi connectivity index (χ2n) is 7.18. The molecule has 2 saturated heterocycles. The number of likely N-dealkylation sites (tertiary alicyclic amines) is 1. The SMILES string of the molecule is CCOc1ccc(Cl)c(/C(O)=C2/C(=O)C(=O)N(CC3CCCO3)C2c2ccco2)c1. The highest BCUT2D eigenvalue weighted by molar-refractivity contribution is 6.47. The van der Waals surface area contributed by atoms with E-state index in [1.807, 2.05) is 6.92 Å². The minimum Gasteiger partial charge on any atom is -0.507 e. The summed E-state index contributed by atoms with van der Waals surface area (Å²) in [7, 11) is 0. The molecule has 2 atom stereocenters. The molecule has 8 heteroatoms. The Hall–Kier alpha value is -2.77. The maximum atomic E-state index is 13.0. The lowest BCUT2D eigenvalue weighted by molar-refractivity contribution is -0.141.